The summed E-state index contributed by atoms with van der Waals surface area (Å²) in [6.07, 6.45) is -0.586. The van der Waals surface area contributed by atoms with Gasteiger partial charge in [-0.25, -0.2) is 23.1 Å². The molecule has 2 fully saturated rings. The summed E-state index contributed by atoms with van der Waals surface area (Å²) in [4.78, 5) is 23.1. The highest BCUT2D eigenvalue weighted by atomic mass is 19.1. The van der Waals surface area contributed by atoms with Gasteiger partial charge in [-0.3, -0.25) is 9.89 Å². The summed E-state index contributed by atoms with van der Waals surface area (Å²) in [5.74, 6) is -2.44. The van der Waals surface area contributed by atoms with Gasteiger partial charge in [-0.2, -0.15) is 5.10 Å². The summed E-state index contributed by atoms with van der Waals surface area (Å²) in [5, 5.41) is 20.3. The van der Waals surface area contributed by atoms with Crippen molar-refractivity contribution in [1.29, 1.82) is 0 Å². The molecule has 1 aromatic carbocycles. The van der Waals surface area contributed by atoms with Crippen molar-refractivity contribution >= 4 is 22.8 Å². The number of likely N-dealkylation sites (tertiary alicyclic amines) is 1. The summed E-state index contributed by atoms with van der Waals surface area (Å²) in [7, 11) is 1.22. The van der Waals surface area contributed by atoms with Crippen LogP contribution in [0.4, 0.5) is 19.0 Å². The Bertz CT molecular complexity index is 1260. The average molecular weight is 492 g/mol. The fourth-order valence-corrected chi connectivity index (χ4v) is 4.68. The molecule has 0 bridgehead atoms. The number of fused-ring (bicyclic) bond motifs is 1. The molecule has 1 amide bonds. The fourth-order valence-electron chi connectivity index (χ4n) is 4.68. The van der Waals surface area contributed by atoms with Crippen molar-refractivity contribution in [3.63, 3.8) is 0 Å². The first-order chi connectivity index (χ1) is 16.9. The number of nitrogens with one attached hydrogen (secondary N) is 2. The molecular formula is C22H23F3N6O4. The van der Waals surface area contributed by atoms with Crippen molar-refractivity contribution < 1.29 is 32.5 Å². The van der Waals surface area contributed by atoms with Crippen LogP contribution in [-0.4, -0.2) is 81.3 Å². The van der Waals surface area contributed by atoms with Crippen LogP contribution < -0.4 is 10.1 Å². The second kappa shape index (κ2) is 9.30. The zero-order chi connectivity index (χ0) is 24.7. The summed E-state index contributed by atoms with van der Waals surface area (Å²) in [6.45, 7) is 0.308. The third-order valence-corrected chi connectivity index (χ3v) is 6.32. The molecule has 2 saturated heterocycles. The highest BCUT2D eigenvalue weighted by molar-refractivity contribution is 6.08. The molecule has 0 aliphatic carbocycles. The van der Waals surface area contributed by atoms with Gasteiger partial charge < -0.3 is 24.8 Å². The van der Waals surface area contributed by atoms with E-state index < -0.39 is 35.9 Å². The molecule has 2 aromatic heterocycles. The molecular weight excluding hydrogens is 469 g/mol. The van der Waals surface area contributed by atoms with E-state index in [-0.39, 0.29) is 59.5 Å². The standard InChI is InChI=1S/C22H23F3N6O4/c1-34-19-12(4-10(23)5-13(19)25)15-6-11(24)7-31(15)22(33)18-17-20(26-9-27-21(17)30-29-18)28-14-2-3-35-8-16(14)32/h4-5,9,11,14-16,32H,2-3,6-8H2,1H3,(H2,26,27,28,29,30)/t11-,14+,15+,16+/m0/s1. The average Bonchev–Trinajstić information content (AvgIpc) is 3.44. The molecule has 4 heterocycles. The van der Waals surface area contributed by atoms with Crippen molar-refractivity contribution in [1.82, 2.24) is 25.1 Å². The number of rotatable bonds is 5. The first-order valence-corrected chi connectivity index (χ1v) is 11.1. The smallest absolute Gasteiger partial charge is 0.273 e. The molecule has 4 atom stereocenters. The SMILES string of the molecule is COc1c(F)cc(F)cc1[C@H]1C[C@H](F)CN1C(=O)c1[nH]nc2ncnc(N[C@@H]3CCOC[C@H]3O)c12. The Morgan fingerprint density at radius 3 is 2.94 bits per heavy atom. The number of aliphatic hydroxyl groups is 1. The number of aliphatic hydroxyl groups excluding tert-OH is 1. The van der Waals surface area contributed by atoms with Gasteiger partial charge in [-0.15, -0.1) is 0 Å². The topological polar surface area (TPSA) is 125 Å². The van der Waals surface area contributed by atoms with Crippen LogP contribution in [0.3, 0.4) is 0 Å². The van der Waals surface area contributed by atoms with Gasteiger partial charge in [0.05, 0.1) is 43.8 Å². The Hall–Kier alpha value is -3.45. The van der Waals surface area contributed by atoms with Crippen LogP contribution in [0.5, 0.6) is 5.75 Å². The van der Waals surface area contributed by atoms with Crippen molar-refractivity contribution in [3.05, 3.63) is 41.4 Å². The number of amides is 1. The van der Waals surface area contributed by atoms with Gasteiger partial charge >= 0.3 is 0 Å². The van der Waals surface area contributed by atoms with Crippen molar-refractivity contribution in [2.45, 2.75) is 37.2 Å². The number of H-pyrrole nitrogens is 1. The largest absolute Gasteiger partial charge is 0.493 e. The number of anilines is 1. The maximum absolute atomic E-state index is 14.6. The van der Waals surface area contributed by atoms with Gasteiger partial charge in [-0.05, 0) is 12.5 Å². The van der Waals surface area contributed by atoms with Crippen LogP contribution in [-0.2, 0) is 4.74 Å². The highest BCUT2D eigenvalue weighted by Gasteiger charge is 2.40. The van der Waals surface area contributed by atoms with Crippen LogP contribution in [0.1, 0.15) is 34.9 Å². The summed E-state index contributed by atoms with van der Waals surface area (Å²) < 4.78 is 53.3. The van der Waals surface area contributed by atoms with Gasteiger partial charge in [0.1, 0.15) is 29.8 Å². The number of carbonyl (C=O) groups is 1. The van der Waals surface area contributed by atoms with Crippen LogP contribution in [0.2, 0.25) is 0 Å². The zero-order valence-corrected chi connectivity index (χ0v) is 18.7. The maximum Gasteiger partial charge on any atom is 0.273 e. The van der Waals surface area contributed by atoms with E-state index in [2.05, 4.69) is 25.5 Å². The lowest BCUT2D eigenvalue weighted by atomic mass is 10.0. The number of aromatic amines is 1. The molecule has 0 radical (unpaired) electrons. The minimum atomic E-state index is -1.42. The van der Waals surface area contributed by atoms with Crippen LogP contribution in [0.25, 0.3) is 11.0 Å². The van der Waals surface area contributed by atoms with Crippen LogP contribution >= 0.6 is 0 Å². The Morgan fingerprint density at radius 1 is 1.34 bits per heavy atom. The van der Waals surface area contributed by atoms with E-state index in [1.807, 2.05) is 0 Å². The minimum Gasteiger partial charge on any atom is -0.493 e. The van der Waals surface area contributed by atoms with E-state index in [4.69, 9.17) is 9.47 Å². The molecule has 13 heteroatoms. The first kappa shape index (κ1) is 23.3. The molecule has 3 aromatic rings. The number of benzene rings is 1. The first-order valence-electron chi connectivity index (χ1n) is 11.1. The summed E-state index contributed by atoms with van der Waals surface area (Å²) in [5.41, 5.74) is 0.205. The van der Waals surface area contributed by atoms with Gasteiger partial charge in [0.15, 0.2) is 17.2 Å². The van der Waals surface area contributed by atoms with Gasteiger partial charge in [0.25, 0.3) is 5.91 Å². The quantitative estimate of drug-likeness (QED) is 0.495. The predicted molar refractivity (Wildman–Crippen MR) is 117 cm³/mol. The normalized spacial score (nSPS) is 24.7. The summed E-state index contributed by atoms with van der Waals surface area (Å²) >= 11 is 0. The summed E-state index contributed by atoms with van der Waals surface area (Å²) in [6, 6.07) is 0.348. The number of aromatic nitrogens is 4. The third kappa shape index (κ3) is 4.25. The Morgan fingerprint density at radius 2 is 2.17 bits per heavy atom. The van der Waals surface area contributed by atoms with Crippen molar-refractivity contribution in [2.75, 3.05) is 32.2 Å². The lowest BCUT2D eigenvalue weighted by Gasteiger charge is -2.29. The number of alkyl halides is 1. The molecule has 0 unspecified atom stereocenters. The third-order valence-electron chi connectivity index (χ3n) is 6.32. The van der Waals surface area contributed by atoms with E-state index in [9.17, 15) is 23.1 Å². The number of carbonyl (C=O) groups excluding carboxylic acids is 1. The molecule has 35 heavy (non-hydrogen) atoms. The number of hydrogen-bond acceptors (Lipinski definition) is 8. The number of halogens is 3. The lowest BCUT2D eigenvalue weighted by molar-refractivity contribution is -0.0135. The Balaban J connectivity index is 1.52. The molecule has 0 spiro atoms. The molecule has 2 aliphatic rings. The fraction of sp³-hybridized carbons (Fsp3) is 0.455. The molecule has 10 nitrogen and oxygen atoms in total. The van der Waals surface area contributed by atoms with Crippen LogP contribution in [0.15, 0.2) is 18.5 Å². The number of nitrogens with zero attached hydrogens (tertiary/aromatic N) is 4. The van der Waals surface area contributed by atoms with E-state index in [0.29, 0.717) is 19.1 Å². The minimum absolute atomic E-state index is 0.0143. The molecule has 2 aliphatic heterocycles. The van der Waals surface area contributed by atoms with E-state index in [1.165, 1.54) is 18.3 Å². The van der Waals surface area contributed by atoms with Crippen molar-refractivity contribution in [3.8, 4) is 5.75 Å². The second-order valence-electron chi connectivity index (χ2n) is 8.52. The Kier molecular flexibility index (Phi) is 6.19. The molecule has 3 N–H and O–H groups in total. The van der Waals surface area contributed by atoms with Gasteiger partial charge in [0, 0.05) is 24.7 Å². The monoisotopic (exact) mass is 492 g/mol. The second-order valence-corrected chi connectivity index (χ2v) is 8.52. The van der Waals surface area contributed by atoms with E-state index >= 15 is 0 Å². The maximum atomic E-state index is 14.6. The molecule has 5 rings (SSSR count). The van der Waals surface area contributed by atoms with Gasteiger partial charge in [0.2, 0.25) is 0 Å². The van der Waals surface area contributed by atoms with Gasteiger partial charge in [-0.1, -0.05) is 0 Å². The number of ether oxygens (including phenoxy) is 2. The zero-order valence-electron chi connectivity index (χ0n) is 18.7. The van der Waals surface area contributed by atoms with E-state index in [0.717, 1.165) is 6.07 Å². The molecule has 186 valence electrons. The molecule has 0 saturated carbocycles. The highest BCUT2D eigenvalue weighted by Crippen LogP contribution is 2.41. The van der Waals surface area contributed by atoms with Crippen molar-refractivity contribution in [2.24, 2.45) is 0 Å². The predicted octanol–water partition coefficient (Wildman–Crippen LogP) is 2.13. The van der Waals surface area contributed by atoms with E-state index in [1.54, 1.807) is 0 Å². The van der Waals surface area contributed by atoms with Crippen LogP contribution in [0, 0.1) is 11.6 Å². The Labute approximate surface area is 197 Å². The number of methoxy groups -OCH3 is 1. The number of hydrogen-bond donors (Lipinski definition) is 3. The lowest BCUT2D eigenvalue weighted by Crippen LogP contribution is -2.42.